The van der Waals surface area contributed by atoms with E-state index in [1.54, 1.807) is 41.3 Å². The lowest BCUT2D eigenvalue weighted by molar-refractivity contribution is 0.162. The molecule has 4 N–H and O–H groups in total. The van der Waals surface area contributed by atoms with Crippen molar-refractivity contribution in [1.82, 2.24) is 5.32 Å². The Morgan fingerprint density at radius 2 is 1.61 bits per heavy atom. The maximum Gasteiger partial charge on any atom is 0.322 e. The average molecular weight is 513 g/mol. The lowest BCUT2D eigenvalue weighted by Gasteiger charge is -2.28. The molecule has 1 aliphatic rings. The number of halogens is 1. The molecule has 1 fully saturated rings. The zero-order valence-electron chi connectivity index (χ0n) is 20.7. The monoisotopic (exact) mass is 512 g/mol. The molecule has 3 atom stereocenters. The molecule has 0 saturated carbocycles. The second-order valence-electron chi connectivity index (χ2n) is 9.53. The van der Waals surface area contributed by atoms with Crippen molar-refractivity contribution in [2.75, 3.05) is 4.90 Å². The Labute approximate surface area is 220 Å². The van der Waals surface area contributed by atoms with Crippen LogP contribution in [0.4, 0.5) is 14.9 Å². The molecule has 0 bridgehead atoms. The number of hydrogen-bond donors (Lipinski definition) is 4. The van der Waals surface area contributed by atoms with E-state index in [4.69, 9.17) is 0 Å². The van der Waals surface area contributed by atoms with Gasteiger partial charge in [0, 0.05) is 11.3 Å². The molecule has 0 radical (unpaired) electrons. The van der Waals surface area contributed by atoms with E-state index in [-0.39, 0.29) is 29.4 Å². The average Bonchev–Trinajstić information content (AvgIpc) is 3.24. The van der Waals surface area contributed by atoms with Gasteiger partial charge in [-0.2, -0.15) is 0 Å². The molecule has 0 aromatic heterocycles. The lowest BCUT2D eigenvalue weighted by atomic mass is 9.92. The number of aliphatic hydroxyl groups is 1. The van der Waals surface area contributed by atoms with Gasteiger partial charge in [-0.15, -0.1) is 0 Å². The van der Waals surface area contributed by atoms with E-state index in [1.165, 1.54) is 12.1 Å². The maximum atomic E-state index is 13.2. The van der Waals surface area contributed by atoms with E-state index in [2.05, 4.69) is 5.32 Å². The first kappa shape index (κ1) is 25.3. The van der Waals surface area contributed by atoms with Crippen LogP contribution >= 0.6 is 0 Å². The number of aromatic hydroxyl groups is 2. The predicted octanol–water partition coefficient (Wildman–Crippen LogP) is 6.45. The molecule has 2 amide bonds. The summed E-state index contributed by atoms with van der Waals surface area (Å²) in [5.41, 5.74) is 3.45. The number of anilines is 1. The fourth-order valence-corrected chi connectivity index (χ4v) is 5.11. The number of urea groups is 1. The fourth-order valence-electron chi connectivity index (χ4n) is 5.11. The number of amides is 2. The van der Waals surface area contributed by atoms with Crippen LogP contribution in [-0.4, -0.2) is 27.4 Å². The smallest absolute Gasteiger partial charge is 0.322 e. The molecule has 6 nitrogen and oxygen atoms in total. The van der Waals surface area contributed by atoms with E-state index in [9.17, 15) is 24.5 Å². The maximum absolute atomic E-state index is 13.2. The van der Waals surface area contributed by atoms with Crippen LogP contribution in [0.5, 0.6) is 11.5 Å². The van der Waals surface area contributed by atoms with Crippen molar-refractivity contribution in [2.45, 2.75) is 37.5 Å². The largest absolute Gasteiger partial charge is 0.508 e. The van der Waals surface area contributed by atoms with E-state index in [1.807, 2.05) is 48.5 Å². The minimum Gasteiger partial charge on any atom is -0.508 e. The third-order valence-corrected chi connectivity index (χ3v) is 7.00. The quantitative estimate of drug-likeness (QED) is 0.218. The Bertz CT molecular complexity index is 1410. The number of nitrogens with one attached hydrogen (secondary N) is 1. The van der Waals surface area contributed by atoms with Gasteiger partial charge in [0.05, 0.1) is 18.2 Å². The molecule has 1 heterocycles. The van der Waals surface area contributed by atoms with Gasteiger partial charge in [-0.3, -0.25) is 4.90 Å². The van der Waals surface area contributed by atoms with E-state index >= 15 is 0 Å². The first-order valence-corrected chi connectivity index (χ1v) is 12.6. The molecular weight excluding hydrogens is 483 g/mol. The van der Waals surface area contributed by atoms with Crippen LogP contribution in [0.3, 0.4) is 0 Å². The SMILES string of the molecule is O=C1N[C@H](CCC[C@@H](O)c2ccc(F)cc2)[C@@H](c2ccc(-c3cccc(O)c3)cc2O)N1c1ccccc1. The molecule has 4 aromatic carbocycles. The van der Waals surface area contributed by atoms with Gasteiger partial charge in [0.15, 0.2) is 0 Å². The summed E-state index contributed by atoms with van der Waals surface area (Å²) in [6, 6.07) is 26.2. The summed E-state index contributed by atoms with van der Waals surface area (Å²) in [6.45, 7) is 0. The van der Waals surface area contributed by atoms with Crippen molar-refractivity contribution in [3.8, 4) is 22.6 Å². The number of nitrogens with zero attached hydrogens (tertiary/aromatic N) is 1. The van der Waals surface area contributed by atoms with E-state index in [0.29, 0.717) is 36.1 Å². The van der Waals surface area contributed by atoms with Gasteiger partial charge >= 0.3 is 6.03 Å². The van der Waals surface area contributed by atoms with Gasteiger partial charge in [-0.05, 0) is 78.4 Å². The van der Waals surface area contributed by atoms with Crippen molar-refractivity contribution < 1.29 is 24.5 Å². The highest BCUT2D eigenvalue weighted by Gasteiger charge is 2.42. The number of carbonyl (C=O) groups excluding carboxylic acids is 1. The number of hydrogen-bond acceptors (Lipinski definition) is 4. The zero-order chi connectivity index (χ0) is 26.6. The molecule has 0 spiro atoms. The summed E-state index contributed by atoms with van der Waals surface area (Å²) in [4.78, 5) is 14.8. The standard InChI is InChI=1S/C31H29FN2O4/c32-23-15-12-20(13-16-23)28(36)11-5-10-27-30(34(31(38)33-27)24-7-2-1-3-8-24)26-17-14-22(19-29(26)37)21-6-4-9-25(35)18-21/h1-4,6-9,12-19,27-28,30,35-37H,5,10-11H2,(H,33,38)/t27-,28-,30-/m1/s1. The summed E-state index contributed by atoms with van der Waals surface area (Å²) < 4.78 is 13.2. The van der Waals surface area contributed by atoms with Crippen molar-refractivity contribution in [2.24, 2.45) is 0 Å². The number of para-hydroxylation sites is 1. The molecule has 7 heteroatoms. The zero-order valence-corrected chi connectivity index (χ0v) is 20.7. The number of phenolic OH excluding ortho intramolecular Hbond substituents is 2. The Kier molecular flexibility index (Phi) is 7.29. The molecular formula is C31H29FN2O4. The topological polar surface area (TPSA) is 93.0 Å². The molecule has 5 rings (SSSR count). The summed E-state index contributed by atoms with van der Waals surface area (Å²) in [5, 5.41) is 34.6. The van der Waals surface area contributed by atoms with Crippen molar-refractivity contribution >= 4 is 11.7 Å². The van der Waals surface area contributed by atoms with Gasteiger partial charge in [-0.1, -0.05) is 54.6 Å². The summed E-state index contributed by atoms with van der Waals surface area (Å²) in [6.07, 6.45) is 0.862. The first-order chi connectivity index (χ1) is 18.4. The summed E-state index contributed by atoms with van der Waals surface area (Å²) in [5.74, 6) is -0.173. The Hall–Kier alpha value is -4.36. The number of carbonyl (C=O) groups is 1. The van der Waals surface area contributed by atoms with Gasteiger partial charge in [0.2, 0.25) is 0 Å². The third-order valence-electron chi connectivity index (χ3n) is 7.00. The number of rotatable bonds is 8. The first-order valence-electron chi connectivity index (χ1n) is 12.6. The van der Waals surface area contributed by atoms with Gasteiger partial charge < -0.3 is 20.6 Å². The van der Waals surface area contributed by atoms with E-state index < -0.39 is 12.1 Å². The molecule has 38 heavy (non-hydrogen) atoms. The number of phenols is 2. The normalized spacial score (nSPS) is 17.8. The van der Waals surface area contributed by atoms with Crippen LogP contribution in [0.15, 0.2) is 97.1 Å². The highest BCUT2D eigenvalue weighted by molar-refractivity contribution is 5.96. The van der Waals surface area contributed by atoms with Crippen molar-refractivity contribution in [3.63, 3.8) is 0 Å². The predicted molar refractivity (Wildman–Crippen MR) is 144 cm³/mol. The number of aliphatic hydroxyl groups excluding tert-OH is 1. The van der Waals surface area contributed by atoms with Crippen LogP contribution in [0.1, 0.15) is 42.5 Å². The van der Waals surface area contributed by atoms with Crippen molar-refractivity contribution in [1.29, 1.82) is 0 Å². The molecule has 0 unspecified atom stereocenters. The Balaban J connectivity index is 1.41. The second kappa shape index (κ2) is 10.9. The molecule has 1 saturated heterocycles. The molecule has 0 aliphatic carbocycles. The third kappa shape index (κ3) is 5.33. The number of benzene rings is 4. The van der Waals surface area contributed by atoms with Crippen LogP contribution in [-0.2, 0) is 0 Å². The van der Waals surface area contributed by atoms with Crippen LogP contribution < -0.4 is 10.2 Å². The van der Waals surface area contributed by atoms with Gasteiger partial charge in [0.1, 0.15) is 17.3 Å². The molecule has 194 valence electrons. The van der Waals surface area contributed by atoms with Crippen LogP contribution in [0.25, 0.3) is 11.1 Å². The Morgan fingerprint density at radius 3 is 2.32 bits per heavy atom. The Morgan fingerprint density at radius 1 is 0.868 bits per heavy atom. The van der Waals surface area contributed by atoms with E-state index in [0.717, 1.165) is 11.1 Å². The minimum absolute atomic E-state index is 0.0459. The highest BCUT2D eigenvalue weighted by atomic mass is 19.1. The highest BCUT2D eigenvalue weighted by Crippen LogP contribution is 2.41. The summed E-state index contributed by atoms with van der Waals surface area (Å²) in [7, 11) is 0. The van der Waals surface area contributed by atoms with Gasteiger partial charge in [-0.25, -0.2) is 9.18 Å². The summed E-state index contributed by atoms with van der Waals surface area (Å²) >= 11 is 0. The molecule has 1 aliphatic heterocycles. The van der Waals surface area contributed by atoms with Crippen LogP contribution in [0, 0.1) is 5.82 Å². The van der Waals surface area contributed by atoms with Gasteiger partial charge in [0.25, 0.3) is 0 Å². The lowest BCUT2D eigenvalue weighted by Crippen LogP contribution is -2.29. The molecule has 4 aromatic rings. The van der Waals surface area contributed by atoms with Crippen molar-refractivity contribution in [3.05, 3.63) is 114 Å². The second-order valence-corrected chi connectivity index (χ2v) is 9.53. The van der Waals surface area contributed by atoms with Crippen LogP contribution in [0.2, 0.25) is 0 Å². The fraction of sp³-hybridized carbons (Fsp3) is 0.194. The minimum atomic E-state index is -0.744.